The van der Waals surface area contributed by atoms with E-state index in [1.165, 1.54) is 0 Å². The fraction of sp³-hybridized carbons (Fsp3) is 0.125. The minimum atomic E-state index is -0.886. The molecule has 0 radical (unpaired) electrons. The molecule has 1 aliphatic heterocycles. The van der Waals surface area contributed by atoms with E-state index in [0.29, 0.717) is 33.4 Å². The van der Waals surface area contributed by atoms with Crippen molar-refractivity contribution < 1.29 is 19.0 Å². The third-order valence-electron chi connectivity index (χ3n) is 3.50. The summed E-state index contributed by atoms with van der Waals surface area (Å²) < 4.78 is 16.3. The number of hydrogen-bond acceptors (Lipinski definition) is 4. The maximum absolute atomic E-state index is 10.5. The molecular formula is C16H11ClO4. The summed E-state index contributed by atoms with van der Waals surface area (Å²) in [4.78, 5) is 0. The Balaban J connectivity index is 1.75. The van der Waals surface area contributed by atoms with Crippen molar-refractivity contribution in [2.45, 2.75) is 6.10 Å². The number of benzene rings is 2. The molecule has 0 saturated carbocycles. The van der Waals surface area contributed by atoms with E-state index in [2.05, 4.69) is 0 Å². The molecule has 1 atom stereocenters. The fourth-order valence-electron chi connectivity index (χ4n) is 2.43. The van der Waals surface area contributed by atoms with Crippen molar-refractivity contribution in [1.82, 2.24) is 0 Å². The Morgan fingerprint density at radius 3 is 2.76 bits per heavy atom. The second kappa shape index (κ2) is 4.69. The molecule has 21 heavy (non-hydrogen) atoms. The van der Waals surface area contributed by atoms with Crippen molar-refractivity contribution in [2.24, 2.45) is 0 Å². The van der Waals surface area contributed by atoms with Gasteiger partial charge in [-0.05, 0) is 29.8 Å². The Hall–Kier alpha value is -2.17. The van der Waals surface area contributed by atoms with Crippen LogP contribution in [0.4, 0.5) is 0 Å². The van der Waals surface area contributed by atoms with Gasteiger partial charge < -0.3 is 19.0 Å². The molecule has 0 bridgehead atoms. The Morgan fingerprint density at radius 1 is 1.05 bits per heavy atom. The molecule has 2 heterocycles. The highest BCUT2D eigenvalue weighted by Gasteiger charge is 2.20. The largest absolute Gasteiger partial charge is 0.456 e. The molecule has 1 aliphatic rings. The van der Waals surface area contributed by atoms with Gasteiger partial charge in [0.25, 0.3) is 0 Å². The van der Waals surface area contributed by atoms with Crippen LogP contribution in [0.3, 0.4) is 0 Å². The molecular weight excluding hydrogens is 292 g/mol. The first-order valence-corrected chi connectivity index (χ1v) is 6.86. The number of hydrogen-bond donors (Lipinski definition) is 1. The number of ether oxygens (including phenoxy) is 2. The smallest absolute Gasteiger partial charge is 0.231 e. The lowest BCUT2D eigenvalue weighted by atomic mass is 10.1. The summed E-state index contributed by atoms with van der Waals surface area (Å²) in [6.45, 7) is 0.203. The third-order valence-corrected chi connectivity index (χ3v) is 3.79. The first-order chi connectivity index (χ1) is 10.2. The van der Waals surface area contributed by atoms with Crippen LogP contribution < -0.4 is 9.47 Å². The first-order valence-electron chi connectivity index (χ1n) is 6.48. The van der Waals surface area contributed by atoms with Gasteiger partial charge in [-0.1, -0.05) is 29.8 Å². The van der Waals surface area contributed by atoms with Crippen LogP contribution in [-0.2, 0) is 0 Å². The zero-order valence-corrected chi connectivity index (χ0v) is 11.6. The molecule has 0 aliphatic carbocycles. The average Bonchev–Trinajstić information content (AvgIpc) is 3.12. The van der Waals surface area contributed by atoms with E-state index in [-0.39, 0.29) is 6.79 Å². The first kappa shape index (κ1) is 12.6. The normalized spacial score (nSPS) is 14.6. The Morgan fingerprint density at radius 2 is 1.90 bits per heavy atom. The Labute approximate surface area is 125 Å². The van der Waals surface area contributed by atoms with Crippen LogP contribution in [0.5, 0.6) is 11.5 Å². The number of rotatable bonds is 2. The van der Waals surface area contributed by atoms with E-state index in [4.69, 9.17) is 25.5 Å². The summed E-state index contributed by atoms with van der Waals surface area (Å²) in [6, 6.07) is 12.6. The van der Waals surface area contributed by atoms with Crippen LogP contribution in [0.2, 0.25) is 5.02 Å². The maximum Gasteiger partial charge on any atom is 0.231 e. The van der Waals surface area contributed by atoms with Crippen molar-refractivity contribution in [3.05, 3.63) is 58.8 Å². The molecule has 106 valence electrons. The van der Waals surface area contributed by atoms with Gasteiger partial charge in [0.05, 0.1) is 5.02 Å². The summed E-state index contributed by atoms with van der Waals surface area (Å²) in [7, 11) is 0. The van der Waals surface area contributed by atoms with Crippen LogP contribution >= 0.6 is 11.6 Å². The van der Waals surface area contributed by atoms with E-state index < -0.39 is 6.10 Å². The number of para-hydroxylation sites is 1. The molecule has 4 nitrogen and oxygen atoms in total. The second-order valence-electron chi connectivity index (χ2n) is 4.82. The van der Waals surface area contributed by atoms with Crippen LogP contribution in [0.1, 0.15) is 17.4 Å². The third kappa shape index (κ3) is 2.04. The minimum Gasteiger partial charge on any atom is -0.456 e. The van der Waals surface area contributed by atoms with Crippen molar-refractivity contribution in [2.75, 3.05) is 6.79 Å². The molecule has 1 unspecified atom stereocenters. The Kier molecular flexibility index (Phi) is 2.80. The van der Waals surface area contributed by atoms with E-state index in [0.717, 1.165) is 5.39 Å². The number of aliphatic hydroxyl groups is 1. The van der Waals surface area contributed by atoms with Crippen molar-refractivity contribution in [3.8, 4) is 11.5 Å². The highest BCUT2D eigenvalue weighted by molar-refractivity contribution is 6.34. The fourth-order valence-corrected chi connectivity index (χ4v) is 2.65. The van der Waals surface area contributed by atoms with Gasteiger partial charge in [-0.2, -0.15) is 0 Å². The summed E-state index contributed by atoms with van der Waals surface area (Å²) in [5.41, 5.74) is 1.25. The number of furan rings is 1. The minimum absolute atomic E-state index is 0.203. The van der Waals surface area contributed by atoms with Crippen molar-refractivity contribution in [1.29, 1.82) is 0 Å². The van der Waals surface area contributed by atoms with Gasteiger partial charge in [0, 0.05) is 5.39 Å². The van der Waals surface area contributed by atoms with Gasteiger partial charge in [-0.15, -0.1) is 0 Å². The van der Waals surface area contributed by atoms with Crippen LogP contribution in [0, 0.1) is 0 Å². The lowest BCUT2D eigenvalue weighted by molar-refractivity contribution is 0.173. The summed E-state index contributed by atoms with van der Waals surface area (Å²) >= 11 is 6.09. The van der Waals surface area contributed by atoms with E-state index >= 15 is 0 Å². The number of halogens is 1. The lowest BCUT2D eigenvalue weighted by Gasteiger charge is -2.08. The number of aliphatic hydroxyl groups excluding tert-OH is 1. The van der Waals surface area contributed by atoms with Gasteiger partial charge in [0.15, 0.2) is 17.1 Å². The van der Waals surface area contributed by atoms with Gasteiger partial charge >= 0.3 is 0 Å². The topological polar surface area (TPSA) is 51.8 Å². The zero-order chi connectivity index (χ0) is 14.4. The molecule has 0 amide bonds. The summed E-state index contributed by atoms with van der Waals surface area (Å²) in [5.74, 6) is 1.75. The van der Waals surface area contributed by atoms with E-state index in [1.807, 2.05) is 12.1 Å². The molecule has 1 N–H and O–H groups in total. The van der Waals surface area contributed by atoms with Crippen molar-refractivity contribution >= 4 is 22.6 Å². The lowest BCUT2D eigenvalue weighted by Crippen LogP contribution is -1.97. The van der Waals surface area contributed by atoms with Gasteiger partial charge in [0.2, 0.25) is 6.79 Å². The summed E-state index contributed by atoms with van der Waals surface area (Å²) in [6.07, 6.45) is -0.886. The molecule has 0 saturated heterocycles. The van der Waals surface area contributed by atoms with E-state index in [9.17, 15) is 5.11 Å². The van der Waals surface area contributed by atoms with Crippen LogP contribution in [0.25, 0.3) is 11.0 Å². The maximum atomic E-state index is 10.5. The zero-order valence-electron chi connectivity index (χ0n) is 10.9. The highest BCUT2D eigenvalue weighted by Crippen LogP contribution is 2.37. The summed E-state index contributed by atoms with van der Waals surface area (Å²) in [5, 5.41) is 11.9. The Bertz CT molecular complexity index is 824. The number of fused-ring (bicyclic) bond motifs is 2. The molecule has 0 fully saturated rings. The molecule has 5 heteroatoms. The predicted molar refractivity (Wildman–Crippen MR) is 77.9 cm³/mol. The van der Waals surface area contributed by atoms with E-state index in [1.54, 1.807) is 30.3 Å². The van der Waals surface area contributed by atoms with Gasteiger partial charge in [-0.25, -0.2) is 0 Å². The second-order valence-corrected chi connectivity index (χ2v) is 5.23. The predicted octanol–water partition coefficient (Wildman–Crippen LogP) is 3.90. The van der Waals surface area contributed by atoms with Crippen LogP contribution in [-0.4, -0.2) is 11.9 Å². The molecule has 2 aromatic carbocycles. The SMILES string of the molecule is OC(c1ccc2c(c1)OCO2)c1cc2cccc(Cl)c2o1. The quantitative estimate of drug-likeness (QED) is 0.780. The highest BCUT2D eigenvalue weighted by atomic mass is 35.5. The molecule has 4 rings (SSSR count). The van der Waals surface area contributed by atoms with Gasteiger partial charge in [-0.3, -0.25) is 0 Å². The van der Waals surface area contributed by atoms with Crippen molar-refractivity contribution in [3.63, 3.8) is 0 Å². The molecule has 0 spiro atoms. The molecule has 3 aromatic rings. The standard InChI is InChI=1S/C16H11ClO4/c17-11-3-1-2-10-7-14(21-16(10)11)15(18)9-4-5-12-13(6-9)20-8-19-12/h1-7,15,18H,8H2. The average molecular weight is 303 g/mol. The monoisotopic (exact) mass is 302 g/mol. The van der Waals surface area contributed by atoms with Gasteiger partial charge in [0.1, 0.15) is 11.9 Å². The van der Waals surface area contributed by atoms with Crippen LogP contribution in [0.15, 0.2) is 46.9 Å². The molecule has 1 aromatic heterocycles.